The Kier molecular flexibility index (Phi) is 1.64. The zero-order chi connectivity index (χ0) is 10.7. The predicted octanol–water partition coefficient (Wildman–Crippen LogP) is -0.543. The molecule has 0 heterocycles. The Balaban J connectivity index is 2.26. The van der Waals surface area contributed by atoms with Gasteiger partial charge in [-0.25, -0.2) is 4.39 Å². The molecule has 0 saturated heterocycles. The molecule has 0 spiro atoms. The first-order chi connectivity index (χ1) is 6.39. The Morgan fingerprint density at radius 2 is 2.00 bits per heavy atom. The maximum Gasteiger partial charge on any atom is 0.324 e. The van der Waals surface area contributed by atoms with Crippen LogP contribution in [0.4, 0.5) is 4.39 Å². The van der Waals surface area contributed by atoms with Gasteiger partial charge in [0.15, 0.2) is 0 Å². The van der Waals surface area contributed by atoms with Crippen LogP contribution in [0.2, 0.25) is 0 Å². The smallest absolute Gasteiger partial charge is 0.324 e. The normalized spacial score (nSPS) is 49.9. The summed E-state index contributed by atoms with van der Waals surface area (Å²) in [6.45, 7) is 0. The summed E-state index contributed by atoms with van der Waals surface area (Å²) < 4.78 is 13.2. The monoisotopic (exact) mass is 203 g/mol. The van der Waals surface area contributed by atoms with Crippen molar-refractivity contribution in [2.24, 2.45) is 23.5 Å². The third kappa shape index (κ3) is 0.914. The number of hydrogen-bond acceptors (Lipinski definition) is 3. The van der Waals surface area contributed by atoms with E-state index in [1.54, 1.807) is 0 Å². The molecule has 2 fully saturated rings. The summed E-state index contributed by atoms with van der Waals surface area (Å²) in [6, 6.07) is 0. The highest BCUT2D eigenvalue weighted by Gasteiger charge is 2.74. The van der Waals surface area contributed by atoms with Gasteiger partial charge in [-0.3, -0.25) is 9.59 Å². The highest BCUT2D eigenvalue weighted by molar-refractivity contribution is 5.85. The van der Waals surface area contributed by atoms with Gasteiger partial charge in [0, 0.05) is 18.3 Å². The molecule has 5 atom stereocenters. The van der Waals surface area contributed by atoms with Gasteiger partial charge < -0.3 is 15.9 Å². The lowest BCUT2D eigenvalue weighted by Crippen LogP contribution is -2.50. The number of hydrogen-bond donors (Lipinski definition) is 3. The largest absolute Gasteiger partial charge is 0.481 e. The lowest BCUT2D eigenvalue weighted by atomic mass is 9.91. The Morgan fingerprint density at radius 1 is 1.43 bits per heavy atom. The van der Waals surface area contributed by atoms with E-state index in [2.05, 4.69) is 0 Å². The van der Waals surface area contributed by atoms with E-state index < -0.39 is 41.4 Å². The number of carboxylic acid groups (broad SMARTS) is 2. The molecule has 0 unspecified atom stereocenters. The van der Waals surface area contributed by atoms with E-state index in [9.17, 15) is 14.0 Å². The second-order valence-corrected chi connectivity index (χ2v) is 4.03. The van der Waals surface area contributed by atoms with Gasteiger partial charge in [0.25, 0.3) is 0 Å². The molecular formula is C8H10FNO4. The predicted molar refractivity (Wildman–Crippen MR) is 42.2 cm³/mol. The van der Waals surface area contributed by atoms with E-state index in [1.165, 1.54) is 0 Å². The second kappa shape index (κ2) is 2.44. The third-order valence-electron chi connectivity index (χ3n) is 3.30. The van der Waals surface area contributed by atoms with E-state index in [4.69, 9.17) is 15.9 Å². The van der Waals surface area contributed by atoms with Crippen LogP contribution in [0, 0.1) is 17.8 Å². The van der Waals surface area contributed by atoms with E-state index in [-0.39, 0.29) is 6.42 Å². The van der Waals surface area contributed by atoms with Gasteiger partial charge in [-0.1, -0.05) is 0 Å². The Bertz CT molecular complexity index is 320. The molecule has 0 aromatic rings. The molecule has 0 radical (unpaired) electrons. The summed E-state index contributed by atoms with van der Waals surface area (Å²) in [5.41, 5.74) is 3.82. The number of aliphatic carboxylic acids is 2. The van der Waals surface area contributed by atoms with Crippen LogP contribution in [0.3, 0.4) is 0 Å². The SMILES string of the molecule is N[C@@]1(C(=O)O)C[C@@H](F)[C@H]2[C@H](C(=O)O)[C@@H]21. The molecule has 0 bridgehead atoms. The average molecular weight is 203 g/mol. The zero-order valence-electron chi connectivity index (χ0n) is 7.18. The van der Waals surface area contributed by atoms with Crippen LogP contribution in [0.15, 0.2) is 0 Å². The second-order valence-electron chi connectivity index (χ2n) is 4.03. The number of carbonyl (C=O) groups is 2. The summed E-state index contributed by atoms with van der Waals surface area (Å²) in [7, 11) is 0. The van der Waals surface area contributed by atoms with Crippen molar-refractivity contribution >= 4 is 11.9 Å². The van der Waals surface area contributed by atoms with Gasteiger partial charge in [0.2, 0.25) is 0 Å². The molecule has 4 N–H and O–H groups in total. The first kappa shape index (κ1) is 9.39. The molecule has 2 saturated carbocycles. The molecule has 2 aliphatic rings. The molecule has 0 aromatic heterocycles. The van der Waals surface area contributed by atoms with Crippen LogP contribution < -0.4 is 5.73 Å². The average Bonchev–Trinajstić information content (AvgIpc) is 2.72. The lowest BCUT2D eigenvalue weighted by molar-refractivity contribution is -0.145. The Labute approximate surface area is 78.7 Å². The summed E-state index contributed by atoms with van der Waals surface area (Å²) in [4.78, 5) is 21.4. The number of halogens is 1. The minimum absolute atomic E-state index is 0.276. The van der Waals surface area contributed by atoms with Gasteiger partial charge in [0.05, 0.1) is 5.92 Å². The molecule has 5 nitrogen and oxygen atoms in total. The van der Waals surface area contributed by atoms with Crippen LogP contribution in [-0.4, -0.2) is 33.9 Å². The van der Waals surface area contributed by atoms with Crippen molar-refractivity contribution in [3.05, 3.63) is 0 Å². The Hall–Kier alpha value is -1.17. The van der Waals surface area contributed by atoms with E-state index in [0.717, 1.165) is 0 Å². The lowest BCUT2D eigenvalue weighted by Gasteiger charge is -2.21. The van der Waals surface area contributed by atoms with Crippen molar-refractivity contribution in [3.8, 4) is 0 Å². The van der Waals surface area contributed by atoms with Crippen LogP contribution in [0.5, 0.6) is 0 Å². The van der Waals surface area contributed by atoms with E-state index in [1.807, 2.05) is 0 Å². The molecule has 6 heteroatoms. The molecule has 0 aliphatic heterocycles. The summed E-state index contributed by atoms with van der Waals surface area (Å²) in [5.74, 6) is -4.82. The third-order valence-corrected chi connectivity index (χ3v) is 3.30. The highest BCUT2D eigenvalue weighted by atomic mass is 19.1. The van der Waals surface area contributed by atoms with E-state index >= 15 is 0 Å². The van der Waals surface area contributed by atoms with Crippen LogP contribution in [0.25, 0.3) is 0 Å². The number of carboxylic acids is 2. The van der Waals surface area contributed by atoms with Gasteiger partial charge in [-0.15, -0.1) is 0 Å². The first-order valence-corrected chi connectivity index (χ1v) is 4.28. The van der Waals surface area contributed by atoms with E-state index in [0.29, 0.717) is 0 Å². The van der Waals surface area contributed by atoms with Crippen molar-refractivity contribution in [1.82, 2.24) is 0 Å². The molecule has 2 aliphatic carbocycles. The number of alkyl halides is 1. The number of fused-ring (bicyclic) bond motifs is 1. The first-order valence-electron chi connectivity index (χ1n) is 4.28. The van der Waals surface area contributed by atoms with Crippen molar-refractivity contribution < 1.29 is 24.2 Å². The molecular weight excluding hydrogens is 193 g/mol. The molecule has 14 heavy (non-hydrogen) atoms. The standard InChI is InChI=1S/C8H10FNO4/c9-2-1-8(10,7(13)14)5-3(2)4(5)6(11)12/h2-5H,1,10H2,(H,11,12)(H,13,14)/t2-,3+,4+,5-,8+/m1/s1. The van der Waals surface area contributed by atoms with Crippen LogP contribution >= 0.6 is 0 Å². The van der Waals surface area contributed by atoms with Crippen molar-refractivity contribution in [1.29, 1.82) is 0 Å². The fraction of sp³-hybridized carbons (Fsp3) is 0.750. The zero-order valence-corrected chi connectivity index (χ0v) is 7.18. The van der Waals surface area contributed by atoms with Crippen LogP contribution in [-0.2, 0) is 9.59 Å². The van der Waals surface area contributed by atoms with Crippen LogP contribution in [0.1, 0.15) is 6.42 Å². The fourth-order valence-corrected chi connectivity index (χ4v) is 2.59. The highest BCUT2D eigenvalue weighted by Crippen LogP contribution is 2.62. The number of nitrogens with two attached hydrogens (primary N) is 1. The van der Waals surface area contributed by atoms with Gasteiger partial charge in [-0.2, -0.15) is 0 Å². The number of rotatable bonds is 2. The molecule has 2 rings (SSSR count). The Morgan fingerprint density at radius 3 is 2.36 bits per heavy atom. The van der Waals surface area contributed by atoms with Crippen molar-refractivity contribution in [3.63, 3.8) is 0 Å². The minimum Gasteiger partial charge on any atom is -0.481 e. The summed E-state index contributed by atoms with van der Waals surface area (Å²) in [5, 5.41) is 17.5. The summed E-state index contributed by atoms with van der Waals surface area (Å²) in [6.07, 6.45) is -1.68. The summed E-state index contributed by atoms with van der Waals surface area (Å²) >= 11 is 0. The quantitative estimate of drug-likeness (QED) is 0.559. The van der Waals surface area contributed by atoms with Crippen molar-refractivity contribution in [2.75, 3.05) is 0 Å². The molecule has 0 aromatic carbocycles. The van der Waals surface area contributed by atoms with Crippen molar-refractivity contribution in [2.45, 2.75) is 18.1 Å². The maximum atomic E-state index is 13.2. The van der Waals surface area contributed by atoms with Gasteiger partial charge >= 0.3 is 11.9 Å². The van der Waals surface area contributed by atoms with Gasteiger partial charge in [0.1, 0.15) is 11.7 Å². The van der Waals surface area contributed by atoms with Gasteiger partial charge in [-0.05, 0) is 0 Å². The molecule has 0 amide bonds. The topological polar surface area (TPSA) is 101 Å². The molecule has 78 valence electrons. The maximum absolute atomic E-state index is 13.2. The fourth-order valence-electron chi connectivity index (χ4n) is 2.59. The minimum atomic E-state index is -1.69.